The molecule has 1 aromatic carbocycles. The molecule has 1 aromatic heterocycles. The highest BCUT2D eigenvalue weighted by atomic mass is 32.1. The van der Waals surface area contributed by atoms with Crippen LogP contribution in [-0.4, -0.2) is 58.4 Å². The molecule has 2 amide bonds. The Kier molecular flexibility index (Phi) is 7.55. The van der Waals surface area contributed by atoms with E-state index in [2.05, 4.69) is 4.98 Å². The zero-order valence-electron chi connectivity index (χ0n) is 17.6. The van der Waals surface area contributed by atoms with E-state index < -0.39 is 0 Å². The lowest BCUT2D eigenvalue weighted by Crippen LogP contribution is -2.42. The molecule has 6 nitrogen and oxygen atoms in total. The lowest BCUT2D eigenvalue weighted by molar-refractivity contribution is -0.139. The minimum Gasteiger partial charge on any atom is -0.370 e. The van der Waals surface area contributed by atoms with E-state index in [-0.39, 0.29) is 36.3 Å². The molecule has 0 N–H and O–H groups in total. The summed E-state index contributed by atoms with van der Waals surface area (Å²) in [5, 5.41) is 0. The number of ether oxygens (including phenoxy) is 1. The Hall–Kier alpha value is -2.32. The highest BCUT2D eigenvalue weighted by molar-refractivity contribution is 7.09. The molecule has 1 aliphatic heterocycles. The summed E-state index contributed by atoms with van der Waals surface area (Å²) >= 11 is 1.55. The van der Waals surface area contributed by atoms with Crippen molar-refractivity contribution < 1.29 is 18.7 Å². The van der Waals surface area contributed by atoms with E-state index in [0.29, 0.717) is 32.5 Å². The van der Waals surface area contributed by atoms with Gasteiger partial charge in [0.1, 0.15) is 5.82 Å². The molecule has 0 aliphatic carbocycles. The van der Waals surface area contributed by atoms with Crippen LogP contribution >= 0.6 is 11.3 Å². The molecule has 8 heteroatoms. The molecule has 2 heterocycles. The Morgan fingerprint density at radius 1 is 1.30 bits per heavy atom. The van der Waals surface area contributed by atoms with E-state index in [9.17, 15) is 14.0 Å². The minimum atomic E-state index is -0.307. The number of thiazole rings is 1. The largest absolute Gasteiger partial charge is 0.370 e. The van der Waals surface area contributed by atoms with Crippen molar-refractivity contribution in [1.82, 2.24) is 14.8 Å². The van der Waals surface area contributed by atoms with Crippen molar-refractivity contribution in [2.75, 3.05) is 19.6 Å². The molecule has 2 aromatic rings. The number of rotatable bonds is 7. The average Bonchev–Trinajstić information content (AvgIpc) is 3.04. The van der Waals surface area contributed by atoms with E-state index in [1.807, 2.05) is 20.8 Å². The van der Waals surface area contributed by atoms with Crippen LogP contribution in [-0.2, 0) is 27.4 Å². The van der Waals surface area contributed by atoms with Gasteiger partial charge in [-0.25, -0.2) is 9.37 Å². The molecular formula is C22H28FN3O3S. The van der Waals surface area contributed by atoms with Crippen molar-refractivity contribution in [2.24, 2.45) is 0 Å². The molecule has 1 aliphatic rings. The molecule has 0 bridgehead atoms. The molecule has 0 spiro atoms. The Balaban J connectivity index is 1.66. The van der Waals surface area contributed by atoms with Crippen LogP contribution in [0.4, 0.5) is 4.39 Å². The third-order valence-corrected chi connectivity index (χ3v) is 6.25. The number of hydrogen-bond acceptors (Lipinski definition) is 5. The van der Waals surface area contributed by atoms with Crippen LogP contribution in [0.25, 0.3) is 0 Å². The number of halogens is 1. The van der Waals surface area contributed by atoms with Crippen LogP contribution in [0, 0.1) is 12.7 Å². The zero-order chi connectivity index (χ0) is 21.7. The number of benzene rings is 1. The van der Waals surface area contributed by atoms with Gasteiger partial charge in [-0.1, -0.05) is 12.1 Å². The summed E-state index contributed by atoms with van der Waals surface area (Å²) in [6, 6.07) is 6.17. The lowest BCUT2D eigenvalue weighted by Gasteiger charge is -2.27. The summed E-state index contributed by atoms with van der Waals surface area (Å²) in [7, 11) is 0. The van der Waals surface area contributed by atoms with Gasteiger partial charge in [0.15, 0.2) is 0 Å². The van der Waals surface area contributed by atoms with Crippen molar-refractivity contribution in [1.29, 1.82) is 0 Å². The Bertz CT molecular complexity index is 869. The third-order valence-electron chi connectivity index (χ3n) is 5.26. The van der Waals surface area contributed by atoms with Crippen LogP contribution in [0.15, 0.2) is 29.8 Å². The van der Waals surface area contributed by atoms with Crippen LogP contribution in [0.3, 0.4) is 0 Å². The Morgan fingerprint density at radius 2 is 2.03 bits per heavy atom. The van der Waals surface area contributed by atoms with Gasteiger partial charge in [-0.15, -0.1) is 11.3 Å². The number of hydrogen-bond donors (Lipinski definition) is 0. The first-order valence-corrected chi connectivity index (χ1v) is 11.0. The fourth-order valence-electron chi connectivity index (χ4n) is 3.48. The van der Waals surface area contributed by atoms with Crippen molar-refractivity contribution in [3.05, 3.63) is 51.7 Å². The maximum absolute atomic E-state index is 13.1. The van der Waals surface area contributed by atoms with Crippen LogP contribution in [0.1, 0.15) is 36.4 Å². The second kappa shape index (κ2) is 10.1. The second-order valence-electron chi connectivity index (χ2n) is 7.83. The SMILES string of the molecule is Cc1ncsc1CCC(=O)N1CC(=O)N(C(C)C)CC(OCc2ccc(F)cc2)C1. The summed E-state index contributed by atoms with van der Waals surface area (Å²) in [5.74, 6) is -0.421. The maximum Gasteiger partial charge on any atom is 0.242 e. The fourth-order valence-corrected chi connectivity index (χ4v) is 4.26. The van der Waals surface area contributed by atoms with E-state index >= 15 is 0 Å². The van der Waals surface area contributed by atoms with Crippen molar-refractivity contribution in [3.63, 3.8) is 0 Å². The number of nitrogens with zero attached hydrogens (tertiary/aromatic N) is 3. The normalized spacial score (nSPS) is 17.5. The predicted octanol–water partition coefficient (Wildman–Crippen LogP) is 3.19. The molecular weight excluding hydrogens is 405 g/mol. The number of aryl methyl sites for hydroxylation is 2. The summed E-state index contributed by atoms with van der Waals surface area (Å²) in [6.45, 7) is 7.00. The predicted molar refractivity (Wildman–Crippen MR) is 114 cm³/mol. The van der Waals surface area contributed by atoms with E-state index in [4.69, 9.17) is 4.74 Å². The first-order chi connectivity index (χ1) is 14.3. The molecule has 0 saturated carbocycles. The van der Waals surface area contributed by atoms with Gasteiger partial charge in [0.05, 0.1) is 30.5 Å². The summed E-state index contributed by atoms with van der Waals surface area (Å²) in [5.41, 5.74) is 3.58. The van der Waals surface area contributed by atoms with Gasteiger partial charge in [0.2, 0.25) is 11.8 Å². The summed E-state index contributed by atoms with van der Waals surface area (Å²) < 4.78 is 19.2. The van der Waals surface area contributed by atoms with Gasteiger partial charge in [-0.05, 0) is 44.9 Å². The fraction of sp³-hybridized carbons (Fsp3) is 0.500. The summed E-state index contributed by atoms with van der Waals surface area (Å²) in [6.07, 6.45) is 0.649. The van der Waals surface area contributed by atoms with Crippen molar-refractivity contribution in [2.45, 2.75) is 52.4 Å². The highest BCUT2D eigenvalue weighted by Gasteiger charge is 2.32. The molecule has 162 valence electrons. The molecule has 3 rings (SSSR count). The molecule has 1 saturated heterocycles. The first kappa shape index (κ1) is 22.4. The number of aromatic nitrogens is 1. The van der Waals surface area contributed by atoms with E-state index in [1.54, 1.807) is 38.8 Å². The molecule has 0 radical (unpaired) electrons. The van der Waals surface area contributed by atoms with Gasteiger partial charge in [-0.3, -0.25) is 9.59 Å². The smallest absolute Gasteiger partial charge is 0.242 e. The van der Waals surface area contributed by atoms with Gasteiger partial charge >= 0.3 is 0 Å². The van der Waals surface area contributed by atoms with Gasteiger partial charge in [0, 0.05) is 30.4 Å². The van der Waals surface area contributed by atoms with Gasteiger partial charge < -0.3 is 14.5 Å². The van der Waals surface area contributed by atoms with Crippen LogP contribution < -0.4 is 0 Å². The second-order valence-corrected chi connectivity index (χ2v) is 8.77. The Labute approximate surface area is 180 Å². The number of carbonyl (C=O) groups excluding carboxylic acids is 2. The topological polar surface area (TPSA) is 62.7 Å². The van der Waals surface area contributed by atoms with E-state index in [0.717, 1.165) is 16.1 Å². The van der Waals surface area contributed by atoms with Crippen LogP contribution in [0.5, 0.6) is 0 Å². The first-order valence-electron chi connectivity index (χ1n) is 10.2. The number of amides is 2. The number of carbonyl (C=O) groups is 2. The third kappa shape index (κ3) is 5.86. The quantitative estimate of drug-likeness (QED) is 0.673. The van der Waals surface area contributed by atoms with Gasteiger partial charge in [-0.2, -0.15) is 0 Å². The standard InChI is InChI=1S/C22H28FN3O3S/c1-15(2)26-11-19(29-13-17-4-6-18(23)7-5-17)10-25(12-22(26)28)21(27)9-8-20-16(3)24-14-30-20/h4-7,14-15,19H,8-13H2,1-3H3. The maximum atomic E-state index is 13.1. The lowest BCUT2D eigenvalue weighted by atomic mass is 10.2. The average molecular weight is 434 g/mol. The van der Waals surface area contributed by atoms with Gasteiger partial charge in [0.25, 0.3) is 0 Å². The molecule has 1 atom stereocenters. The molecule has 1 fully saturated rings. The van der Waals surface area contributed by atoms with Crippen molar-refractivity contribution >= 4 is 23.2 Å². The monoisotopic (exact) mass is 433 g/mol. The Morgan fingerprint density at radius 3 is 2.67 bits per heavy atom. The summed E-state index contributed by atoms with van der Waals surface area (Å²) in [4.78, 5) is 34.3. The van der Waals surface area contributed by atoms with E-state index in [1.165, 1.54) is 12.1 Å². The van der Waals surface area contributed by atoms with Crippen molar-refractivity contribution in [3.8, 4) is 0 Å². The minimum absolute atomic E-state index is 0.0179. The zero-order valence-corrected chi connectivity index (χ0v) is 18.5. The van der Waals surface area contributed by atoms with Crippen LogP contribution in [0.2, 0.25) is 0 Å². The highest BCUT2D eigenvalue weighted by Crippen LogP contribution is 2.18. The molecule has 1 unspecified atom stereocenters. The molecule has 30 heavy (non-hydrogen) atoms.